The van der Waals surface area contributed by atoms with Gasteiger partial charge in [-0.05, 0) is 24.0 Å². The molecule has 2 aromatic carbocycles. The number of urea groups is 1. The average molecular weight is 447 g/mol. The molecule has 4 atom stereocenters. The second kappa shape index (κ2) is 8.44. The monoisotopic (exact) mass is 447 g/mol. The van der Waals surface area contributed by atoms with Crippen molar-refractivity contribution >= 4 is 24.1 Å². The van der Waals surface area contributed by atoms with Gasteiger partial charge in [-0.25, -0.2) is 4.79 Å². The van der Waals surface area contributed by atoms with E-state index in [1.165, 1.54) is 0 Å². The Labute approximate surface area is 191 Å². The van der Waals surface area contributed by atoms with Crippen LogP contribution in [0.5, 0.6) is 0 Å². The Morgan fingerprint density at radius 3 is 2.24 bits per heavy atom. The van der Waals surface area contributed by atoms with E-state index in [2.05, 4.69) is 10.6 Å². The molecule has 0 spiro atoms. The van der Waals surface area contributed by atoms with Crippen LogP contribution in [0.3, 0.4) is 0 Å². The number of carbonyl (C=O) groups excluding carboxylic acids is 4. The van der Waals surface area contributed by atoms with E-state index in [4.69, 9.17) is 4.74 Å². The molecule has 0 radical (unpaired) electrons. The first-order valence-electron chi connectivity index (χ1n) is 11.2. The maximum Gasteiger partial charge on any atom is 0.325 e. The summed E-state index contributed by atoms with van der Waals surface area (Å²) in [5.41, 5.74) is -0.00640. The van der Waals surface area contributed by atoms with Crippen molar-refractivity contribution in [1.29, 1.82) is 0 Å². The van der Waals surface area contributed by atoms with Crippen molar-refractivity contribution in [2.75, 3.05) is 13.1 Å². The largest absolute Gasteiger partial charge is 0.373 e. The summed E-state index contributed by atoms with van der Waals surface area (Å²) in [6.45, 7) is 0.113. The van der Waals surface area contributed by atoms with E-state index < -0.39 is 29.3 Å². The summed E-state index contributed by atoms with van der Waals surface area (Å²) < 4.78 is 5.73. The second-order valence-corrected chi connectivity index (χ2v) is 8.69. The molecule has 2 bridgehead atoms. The maximum atomic E-state index is 13.6. The molecular weight excluding hydrogens is 422 g/mol. The first-order valence-corrected chi connectivity index (χ1v) is 11.2. The number of hydrogen-bond donors (Lipinski definition) is 2. The molecular formula is C25H25N3O5. The second-order valence-electron chi connectivity index (χ2n) is 8.69. The summed E-state index contributed by atoms with van der Waals surface area (Å²) in [6, 6.07) is 17.7. The Balaban J connectivity index is 1.32. The van der Waals surface area contributed by atoms with Gasteiger partial charge in [-0.15, -0.1) is 0 Å². The fraction of sp³-hybridized carbons (Fsp3) is 0.360. The zero-order chi connectivity index (χ0) is 23.0. The number of hydrogen-bond acceptors (Lipinski definition) is 5. The summed E-state index contributed by atoms with van der Waals surface area (Å²) in [5.74, 6) is -1.63. The van der Waals surface area contributed by atoms with Gasteiger partial charge in [0.25, 0.3) is 5.91 Å². The van der Waals surface area contributed by atoms with Gasteiger partial charge in [0.15, 0.2) is 5.54 Å². The van der Waals surface area contributed by atoms with Crippen molar-refractivity contribution in [3.05, 3.63) is 71.8 Å². The molecule has 4 amide bonds. The van der Waals surface area contributed by atoms with Crippen molar-refractivity contribution in [3.63, 3.8) is 0 Å². The van der Waals surface area contributed by atoms with Gasteiger partial charge in [-0.1, -0.05) is 60.7 Å². The van der Waals surface area contributed by atoms with Crippen molar-refractivity contribution in [2.45, 2.75) is 30.6 Å². The highest BCUT2D eigenvalue weighted by Gasteiger charge is 2.54. The van der Waals surface area contributed by atoms with Gasteiger partial charge in [0, 0.05) is 13.1 Å². The molecule has 170 valence electrons. The topological polar surface area (TPSA) is 105 Å². The molecule has 2 aromatic rings. The van der Waals surface area contributed by atoms with Gasteiger partial charge in [0.1, 0.15) is 6.29 Å². The fourth-order valence-corrected chi connectivity index (χ4v) is 5.35. The molecule has 8 heteroatoms. The lowest BCUT2D eigenvalue weighted by Gasteiger charge is -2.28. The van der Waals surface area contributed by atoms with Crippen LogP contribution in [0.25, 0.3) is 0 Å². The fourth-order valence-electron chi connectivity index (χ4n) is 5.35. The molecule has 0 saturated carbocycles. The zero-order valence-electron chi connectivity index (χ0n) is 18.0. The van der Waals surface area contributed by atoms with Crippen LogP contribution < -0.4 is 10.6 Å². The SMILES string of the molecule is O=CC1C2CCC(O2)C1C(=O)NCCN1C(=O)NC(c2ccccc2)(c2ccccc2)C1=O. The van der Waals surface area contributed by atoms with E-state index >= 15 is 0 Å². The van der Waals surface area contributed by atoms with Crippen molar-refractivity contribution in [2.24, 2.45) is 11.8 Å². The van der Waals surface area contributed by atoms with Crippen molar-refractivity contribution in [3.8, 4) is 0 Å². The van der Waals surface area contributed by atoms with Gasteiger partial charge < -0.3 is 20.2 Å². The third-order valence-corrected chi connectivity index (χ3v) is 6.94. The van der Waals surface area contributed by atoms with Crippen LogP contribution in [-0.2, 0) is 24.7 Å². The molecule has 0 aliphatic carbocycles. The summed E-state index contributed by atoms with van der Waals surface area (Å²) >= 11 is 0. The Morgan fingerprint density at radius 2 is 1.64 bits per heavy atom. The summed E-state index contributed by atoms with van der Waals surface area (Å²) in [7, 11) is 0. The van der Waals surface area contributed by atoms with E-state index in [1.54, 1.807) is 0 Å². The molecule has 4 unspecified atom stereocenters. The molecule has 3 saturated heterocycles. The van der Waals surface area contributed by atoms with Crippen LogP contribution in [0.15, 0.2) is 60.7 Å². The molecule has 2 N–H and O–H groups in total. The summed E-state index contributed by atoms with van der Waals surface area (Å²) in [4.78, 5) is 51.9. The first-order chi connectivity index (χ1) is 16.1. The van der Waals surface area contributed by atoms with Gasteiger partial charge in [0.05, 0.1) is 24.0 Å². The standard InChI is InChI=1S/C25H25N3O5/c29-15-18-19-11-12-20(33-19)21(18)22(30)26-13-14-28-23(31)25(27-24(28)32,16-7-3-1-4-8-16)17-9-5-2-6-10-17/h1-10,15,18-21H,11-14H2,(H,26,30)(H,27,32). The van der Waals surface area contributed by atoms with Crippen molar-refractivity contribution < 1.29 is 23.9 Å². The first kappa shape index (κ1) is 21.3. The van der Waals surface area contributed by atoms with E-state index in [0.717, 1.165) is 24.0 Å². The number of carbonyl (C=O) groups is 4. The average Bonchev–Trinajstić information content (AvgIpc) is 3.53. The Morgan fingerprint density at radius 1 is 1.03 bits per heavy atom. The number of amides is 4. The third-order valence-electron chi connectivity index (χ3n) is 6.94. The third kappa shape index (κ3) is 3.41. The highest BCUT2D eigenvalue weighted by molar-refractivity contribution is 6.09. The smallest absolute Gasteiger partial charge is 0.325 e. The van der Waals surface area contributed by atoms with Gasteiger partial charge in [0.2, 0.25) is 5.91 Å². The van der Waals surface area contributed by atoms with E-state index in [9.17, 15) is 19.2 Å². The maximum absolute atomic E-state index is 13.6. The minimum Gasteiger partial charge on any atom is -0.373 e. The van der Waals surface area contributed by atoms with Gasteiger partial charge in [-0.3, -0.25) is 14.5 Å². The number of fused-ring (bicyclic) bond motifs is 2. The Hall–Kier alpha value is -3.52. The Kier molecular flexibility index (Phi) is 5.46. The molecule has 8 nitrogen and oxygen atoms in total. The normalized spacial score (nSPS) is 27.5. The lowest BCUT2D eigenvalue weighted by Crippen LogP contribution is -2.46. The van der Waals surface area contributed by atoms with Crippen LogP contribution in [0.4, 0.5) is 4.79 Å². The van der Waals surface area contributed by atoms with E-state index in [-0.39, 0.29) is 31.2 Å². The summed E-state index contributed by atoms with van der Waals surface area (Å²) in [5, 5.41) is 5.69. The number of benzene rings is 2. The lowest BCUT2D eigenvalue weighted by atomic mass is 9.79. The number of nitrogens with zero attached hydrogens (tertiary/aromatic N) is 1. The predicted molar refractivity (Wildman–Crippen MR) is 118 cm³/mol. The van der Waals surface area contributed by atoms with E-state index in [0.29, 0.717) is 11.1 Å². The number of ether oxygens (including phenoxy) is 1. The molecule has 33 heavy (non-hydrogen) atoms. The van der Waals surface area contributed by atoms with Gasteiger partial charge in [-0.2, -0.15) is 0 Å². The molecule has 3 heterocycles. The van der Waals surface area contributed by atoms with Crippen LogP contribution in [0, 0.1) is 11.8 Å². The lowest BCUT2D eigenvalue weighted by molar-refractivity contribution is -0.132. The summed E-state index contributed by atoms with van der Waals surface area (Å²) in [6.07, 6.45) is 1.93. The van der Waals surface area contributed by atoms with Crippen LogP contribution in [0.2, 0.25) is 0 Å². The minimum atomic E-state index is -1.33. The molecule has 3 fully saturated rings. The zero-order valence-corrected chi connectivity index (χ0v) is 18.0. The minimum absolute atomic E-state index is 0.0191. The van der Waals surface area contributed by atoms with E-state index in [1.807, 2.05) is 60.7 Å². The molecule has 3 aliphatic rings. The van der Waals surface area contributed by atoms with Crippen molar-refractivity contribution in [1.82, 2.24) is 15.5 Å². The Bertz CT molecular complexity index is 1030. The molecule has 5 rings (SSSR count). The predicted octanol–water partition coefficient (Wildman–Crippen LogP) is 1.59. The van der Waals surface area contributed by atoms with Gasteiger partial charge >= 0.3 is 6.03 Å². The number of imide groups is 1. The molecule has 3 aliphatic heterocycles. The quantitative estimate of drug-likeness (QED) is 0.496. The van der Waals surface area contributed by atoms with Crippen LogP contribution >= 0.6 is 0 Å². The number of rotatable bonds is 7. The number of nitrogens with one attached hydrogen (secondary N) is 2. The highest BCUT2D eigenvalue weighted by Crippen LogP contribution is 2.42. The number of aldehydes is 1. The van der Waals surface area contributed by atoms with Crippen LogP contribution in [-0.4, -0.2) is 54.3 Å². The molecule has 0 aromatic heterocycles. The van der Waals surface area contributed by atoms with Crippen LogP contribution in [0.1, 0.15) is 24.0 Å². The highest BCUT2D eigenvalue weighted by atomic mass is 16.5.